The van der Waals surface area contributed by atoms with Gasteiger partial charge in [-0.2, -0.15) is 4.39 Å². The van der Waals surface area contributed by atoms with E-state index in [1.807, 2.05) is 4.98 Å². The third-order valence-corrected chi connectivity index (χ3v) is 3.31. The molecule has 0 aromatic carbocycles. The molecule has 0 aliphatic carbocycles. The van der Waals surface area contributed by atoms with Gasteiger partial charge in [-0.1, -0.05) is 0 Å². The molecule has 0 aliphatic heterocycles. The standard InChI is InChI=1S/C11H17FN2O5S/c1-11(18,8(16)7(19-2)3-4-15)14-5-6(12)9(17)13-10(14)20/h5,7-8,15-16,18H,3-4H2,1-2H3,(H,13,17,20). The number of nitrogens with one attached hydrogen (secondary N) is 1. The lowest BCUT2D eigenvalue weighted by Crippen LogP contribution is -2.50. The van der Waals surface area contributed by atoms with Crippen molar-refractivity contribution in [1.29, 1.82) is 0 Å². The summed E-state index contributed by atoms with van der Waals surface area (Å²) < 4.78 is 18.9. The van der Waals surface area contributed by atoms with E-state index in [-0.39, 0.29) is 17.8 Å². The van der Waals surface area contributed by atoms with E-state index in [2.05, 4.69) is 0 Å². The third-order valence-electron chi connectivity index (χ3n) is 3.02. The Balaban J connectivity index is 3.25. The second-order valence-electron chi connectivity index (χ2n) is 4.43. The van der Waals surface area contributed by atoms with Gasteiger partial charge in [0.05, 0.1) is 12.3 Å². The fourth-order valence-electron chi connectivity index (χ4n) is 1.81. The zero-order valence-electron chi connectivity index (χ0n) is 11.0. The fraction of sp³-hybridized carbons (Fsp3) is 0.636. The lowest BCUT2D eigenvalue weighted by Gasteiger charge is -2.35. The number of H-pyrrole nitrogens is 1. The monoisotopic (exact) mass is 308 g/mol. The van der Waals surface area contributed by atoms with Gasteiger partial charge in [-0.25, -0.2) is 0 Å². The molecule has 20 heavy (non-hydrogen) atoms. The van der Waals surface area contributed by atoms with Crippen LogP contribution in [0, 0.1) is 10.6 Å². The molecular formula is C11H17FN2O5S. The predicted molar refractivity (Wildman–Crippen MR) is 70.2 cm³/mol. The van der Waals surface area contributed by atoms with Gasteiger partial charge < -0.3 is 20.1 Å². The first-order valence-electron chi connectivity index (χ1n) is 5.81. The first kappa shape index (κ1) is 16.9. The van der Waals surface area contributed by atoms with Crippen molar-refractivity contribution in [3.63, 3.8) is 0 Å². The van der Waals surface area contributed by atoms with Crippen LogP contribution in [-0.4, -0.2) is 50.8 Å². The molecule has 1 aromatic heterocycles. The minimum atomic E-state index is -2.03. The summed E-state index contributed by atoms with van der Waals surface area (Å²) in [5.41, 5.74) is -3.05. The summed E-state index contributed by atoms with van der Waals surface area (Å²) in [6.45, 7) is 0.922. The highest BCUT2D eigenvalue weighted by molar-refractivity contribution is 7.71. The molecule has 3 atom stereocenters. The minimum absolute atomic E-state index is 0.0625. The van der Waals surface area contributed by atoms with E-state index in [9.17, 15) is 19.4 Å². The van der Waals surface area contributed by atoms with Gasteiger partial charge >= 0.3 is 0 Å². The molecule has 0 amide bonds. The molecule has 7 nitrogen and oxygen atoms in total. The Labute approximate surface area is 119 Å². The summed E-state index contributed by atoms with van der Waals surface area (Å²) in [5, 5.41) is 29.4. The van der Waals surface area contributed by atoms with Gasteiger partial charge in [0.1, 0.15) is 6.10 Å². The second kappa shape index (κ2) is 6.55. The number of rotatable bonds is 6. The molecule has 0 spiro atoms. The number of aliphatic hydroxyl groups is 3. The number of aromatic nitrogens is 2. The second-order valence-corrected chi connectivity index (χ2v) is 4.82. The maximum atomic E-state index is 13.3. The Kier molecular flexibility index (Phi) is 5.54. The fourth-order valence-corrected chi connectivity index (χ4v) is 2.14. The van der Waals surface area contributed by atoms with Gasteiger partial charge in [0.15, 0.2) is 10.5 Å². The van der Waals surface area contributed by atoms with Crippen LogP contribution in [0.15, 0.2) is 11.0 Å². The first-order valence-corrected chi connectivity index (χ1v) is 6.22. The van der Waals surface area contributed by atoms with Crippen molar-refractivity contribution in [2.45, 2.75) is 31.3 Å². The van der Waals surface area contributed by atoms with Gasteiger partial charge in [0, 0.05) is 13.7 Å². The highest BCUT2D eigenvalue weighted by Gasteiger charge is 2.38. The molecule has 0 saturated heterocycles. The van der Waals surface area contributed by atoms with Crippen LogP contribution >= 0.6 is 12.2 Å². The van der Waals surface area contributed by atoms with Crippen molar-refractivity contribution in [3.05, 3.63) is 27.1 Å². The van der Waals surface area contributed by atoms with Crippen LogP contribution < -0.4 is 5.56 Å². The van der Waals surface area contributed by atoms with Crippen LogP contribution in [0.1, 0.15) is 13.3 Å². The molecule has 1 rings (SSSR count). The normalized spacial score (nSPS) is 17.5. The highest BCUT2D eigenvalue weighted by Crippen LogP contribution is 2.22. The maximum absolute atomic E-state index is 13.3. The zero-order chi connectivity index (χ0) is 15.5. The molecule has 0 aliphatic rings. The van der Waals surface area contributed by atoms with E-state index < -0.39 is 29.3 Å². The van der Waals surface area contributed by atoms with Crippen molar-refractivity contribution >= 4 is 12.2 Å². The summed E-state index contributed by atoms with van der Waals surface area (Å²) in [6.07, 6.45) is -1.63. The van der Waals surface area contributed by atoms with Gasteiger partial charge in [0.25, 0.3) is 5.56 Å². The summed E-state index contributed by atoms with van der Waals surface area (Å²) in [6, 6.07) is 0. The highest BCUT2D eigenvalue weighted by atomic mass is 32.1. The Morgan fingerprint density at radius 1 is 1.65 bits per heavy atom. The summed E-state index contributed by atoms with van der Waals surface area (Å²) in [5.74, 6) is -1.15. The first-order chi connectivity index (χ1) is 9.25. The van der Waals surface area contributed by atoms with Crippen molar-refractivity contribution < 1.29 is 24.4 Å². The van der Waals surface area contributed by atoms with E-state index in [0.717, 1.165) is 4.57 Å². The molecule has 9 heteroatoms. The topological polar surface area (TPSA) is 108 Å². The van der Waals surface area contributed by atoms with E-state index in [4.69, 9.17) is 22.1 Å². The summed E-state index contributed by atoms with van der Waals surface area (Å²) >= 11 is 4.83. The molecule has 0 radical (unpaired) electrons. The molecule has 4 N–H and O–H groups in total. The van der Waals surface area contributed by atoms with E-state index in [1.54, 1.807) is 0 Å². The molecule has 0 bridgehead atoms. The van der Waals surface area contributed by atoms with Crippen molar-refractivity contribution in [3.8, 4) is 0 Å². The molecular weight excluding hydrogens is 291 g/mol. The van der Waals surface area contributed by atoms with E-state index >= 15 is 0 Å². The van der Waals surface area contributed by atoms with Crippen molar-refractivity contribution in [2.75, 3.05) is 13.7 Å². The molecule has 0 fully saturated rings. The van der Waals surface area contributed by atoms with Crippen LogP contribution in [-0.2, 0) is 10.5 Å². The van der Waals surface area contributed by atoms with Crippen LogP contribution in [0.25, 0.3) is 0 Å². The van der Waals surface area contributed by atoms with Crippen molar-refractivity contribution in [1.82, 2.24) is 9.55 Å². The Morgan fingerprint density at radius 3 is 2.75 bits per heavy atom. The minimum Gasteiger partial charge on any atom is -0.396 e. The van der Waals surface area contributed by atoms with Crippen LogP contribution in [0.4, 0.5) is 4.39 Å². The predicted octanol–water partition coefficient (Wildman–Crippen LogP) is -0.532. The van der Waals surface area contributed by atoms with Crippen LogP contribution in [0.5, 0.6) is 0 Å². The maximum Gasteiger partial charge on any atom is 0.287 e. The molecule has 1 heterocycles. The number of ether oxygens (including phenoxy) is 1. The van der Waals surface area contributed by atoms with Gasteiger partial charge in [-0.3, -0.25) is 14.3 Å². The lowest BCUT2D eigenvalue weighted by atomic mass is 10.0. The van der Waals surface area contributed by atoms with Gasteiger partial charge in [-0.15, -0.1) is 0 Å². The number of aliphatic hydroxyl groups excluding tert-OH is 2. The SMILES string of the molecule is COC(CCO)C(O)C(C)(O)n1cc(F)c(=O)[nH]c1=S. The molecule has 0 saturated carbocycles. The van der Waals surface area contributed by atoms with Crippen LogP contribution in [0.3, 0.4) is 0 Å². The Hall–Kier alpha value is -1.13. The average Bonchev–Trinajstić information content (AvgIpc) is 2.39. The average molecular weight is 308 g/mol. The molecule has 1 aromatic rings. The Morgan fingerprint density at radius 2 is 2.25 bits per heavy atom. The number of hydrogen-bond acceptors (Lipinski definition) is 6. The number of hydrogen-bond donors (Lipinski definition) is 4. The van der Waals surface area contributed by atoms with Gasteiger partial charge in [-0.05, 0) is 25.6 Å². The number of aromatic amines is 1. The summed E-state index contributed by atoms with van der Waals surface area (Å²) in [7, 11) is 1.30. The lowest BCUT2D eigenvalue weighted by molar-refractivity contribution is -0.173. The number of nitrogens with zero attached hydrogens (tertiary/aromatic N) is 1. The number of halogens is 1. The Bertz CT molecular complexity index is 571. The zero-order valence-corrected chi connectivity index (χ0v) is 11.9. The smallest absolute Gasteiger partial charge is 0.287 e. The van der Waals surface area contributed by atoms with Crippen LogP contribution in [0.2, 0.25) is 0 Å². The third kappa shape index (κ3) is 3.30. The van der Waals surface area contributed by atoms with Gasteiger partial charge in [0.2, 0.25) is 5.82 Å². The largest absolute Gasteiger partial charge is 0.396 e. The van der Waals surface area contributed by atoms with Crippen molar-refractivity contribution in [2.24, 2.45) is 0 Å². The molecule has 3 unspecified atom stereocenters. The summed E-state index contributed by atoms with van der Waals surface area (Å²) in [4.78, 5) is 13.1. The number of methoxy groups -OCH3 is 1. The quantitative estimate of drug-likeness (QED) is 0.526. The van der Waals surface area contributed by atoms with E-state index in [0.29, 0.717) is 6.20 Å². The molecule has 114 valence electrons. The van der Waals surface area contributed by atoms with E-state index in [1.165, 1.54) is 14.0 Å².